The highest BCUT2D eigenvalue weighted by Gasteiger charge is 2.23. The molecule has 1 aliphatic heterocycles. The van der Waals surface area contributed by atoms with Gasteiger partial charge >= 0.3 is 0 Å². The molecular formula is C12H17NS. The summed E-state index contributed by atoms with van der Waals surface area (Å²) >= 11 is 2.02. The molecule has 2 heteroatoms. The summed E-state index contributed by atoms with van der Waals surface area (Å²) in [6.07, 6.45) is 0. The van der Waals surface area contributed by atoms with Crippen LogP contribution in [-0.4, -0.2) is 11.8 Å². The van der Waals surface area contributed by atoms with Gasteiger partial charge in [-0.1, -0.05) is 23.8 Å². The number of aryl methyl sites for hydroxylation is 2. The van der Waals surface area contributed by atoms with E-state index in [1.165, 1.54) is 22.4 Å². The van der Waals surface area contributed by atoms with Gasteiger partial charge in [0.25, 0.3) is 0 Å². The summed E-state index contributed by atoms with van der Waals surface area (Å²) in [5.41, 5.74) is 4.21. The molecule has 1 heterocycles. The summed E-state index contributed by atoms with van der Waals surface area (Å²) in [4.78, 5) is 0. The molecule has 2 rings (SSSR count). The zero-order valence-corrected chi connectivity index (χ0v) is 9.82. The second-order valence-corrected chi connectivity index (χ2v) is 5.28. The van der Waals surface area contributed by atoms with Gasteiger partial charge in [-0.2, -0.15) is 0 Å². The van der Waals surface area contributed by atoms with Crippen LogP contribution >= 0.6 is 11.8 Å². The summed E-state index contributed by atoms with van der Waals surface area (Å²) in [5, 5.41) is 4.11. The first-order chi connectivity index (χ1) is 6.66. The molecule has 1 N–H and O–H groups in total. The van der Waals surface area contributed by atoms with E-state index in [2.05, 4.69) is 44.3 Å². The van der Waals surface area contributed by atoms with Crippen LogP contribution in [0, 0.1) is 13.8 Å². The van der Waals surface area contributed by atoms with Gasteiger partial charge in [0.05, 0.1) is 5.37 Å². The maximum Gasteiger partial charge on any atom is 0.0794 e. The Balaban J connectivity index is 2.27. The molecule has 1 saturated heterocycles. The van der Waals surface area contributed by atoms with Crippen molar-refractivity contribution >= 4 is 11.8 Å². The molecule has 0 bridgehead atoms. The van der Waals surface area contributed by atoms with Gasteiger partial charge in [-0.05, 0) is 31.9 Å². The molecule has 2 unspecified atom stereocenters. The molecule has 76 valence electrons. The van der Waals surface area contributed by atoms with Crippen molar-refractivity contribution in [2.75, 3.05) is 5.75 Å². The Morgan fingerprint density at radius 3 is 2.79 bits per heavy atom. The Hall–Kier alpha value is -0.470. The molecule has 2 atom stereocenters. The number of hydrogen-bond acceptors (Lipinski definition) is 2. The quantitative estimate of drug-likeness (QED) is 0.759. The van der Waals surface area contributed by atoms with E-state index in [1.54, 1.807) is 0 Å². The number of hydrogen-bond donors (Lipinski definition) is 1. The minimum absolute atomic E-state index is 0.505. The van der Waals surface area contributed by atoms with Crippen molar-refractivity contribution in [2.24, 2.45) is 0 Å². The van der Waals surface area contributed by atoms with Crippen molar-refractivity contribution in [3.63, 3.8) is 0 Å². The first-order valence-corrected chi connectivity index (χ1v) is 6.16. The van der Waals surface area contributed by atoms with E-state index in [9.17, 15) is 0 Å². The normalized spacial score (nSPS) is 26.8. The molecule has 0 amide bonds. The zero-order chi connectivity index (χ0) is 10.1. The maximum atomic E-state index is 3.60. The van der Waals surface area contributed by atoms with Crippen molar-refractivity contribution in [2.45, 2.75) is 32.2 Å². The Morgan fingerprint density at radius 1 is 1.36 bits per heavy atom. The number of nitrogens with one attached hydrogen (secondary N) is 1. The number of thioether (sulfide) groups is 1. The minimum atomic E-state index is 0.505. The average molecular weight is 207 g/mol. The van der Waals surface area contributed by atoms with Crippen molar-refractivity contribution in [1.29, 1.82) is 0 Å². The largest absolute Gasteiger partial charge is 0.298 e. The van der Waals surface area contributed by atoms with E-state index in [1.807, 2.05) is 11.8 Å². The second-order valence-electron chi connectivity index (χ2n) is 4.14. The molecular weight excluding hydrogens is 190 g/mol. The summed E-state index contributed by atoms with van der Waals surface area (Å²) in [6.45, 7) is 6.60. The standard InChI is InChI=1S/C12H17NS/c1-8-4-5-9(2)11(6-8)12-13-10(3)7-14-12/h4-6,10,12-13H,7H2,1-3H3. The molecule has 1 nitrogen and oxygen atoms in total. The first kappa shape index (κ1) is 10.1. The highest BCUT2D eigenvalue weighted by Crippen LogP contribution is 2.34. The van der Waals surface area contributed by atoms with Gasteiger partial charge in [-0.3, -0.25) is 5.32 Å². The third kappa shape index (κ3) is 1.96. The third-order valence-corrected chi connectivity index (χ3v) is 4.08. The molecule has 0 saturated carbocycles. The third-order valence-electron chi connectivity index (χ3n) is 2.67. The van der Waals surface area contributed by atoms with Gasteiger partial charge < -0.3 is 0 Å². The summed E-state index contributed by atoms with van der Waals surface area (Å²) in [6, 6.07) is 7.35. The minimum Gasteiger partial charge on any atom is -0.298 e. The molecule has 0 spiro atoms. The Labute approximate surface area is 90.3 Å². The molecule has 1 aromatic rings. The Bertz CT molecular complexity index is 335. The maximum absolute atomic E-state index is 3.60. The van der Waals surface area contributed by atoms with Crippen LogP contribution in [0.2, 0.25) is 0 Å². The summed E-state index contributed by atoms with van der Waals surface area (Å²) in [7, 11) is 0. The van der Waals surface area contributed by atoms with Crippen molar-refractivity contribution in [3.8, 4) is 0 Å². The first-order valence-electron chi connectivity index (χ1n) is 5.11. The van der Waals surface area contributed by atoms with Gasteiger partial charge in [0.2, 0.25) is 0 Å². The molecule has 0 aliphatic carbocycles. The van der Waals surface area contributed by atoms with E-state index in [0.29, 0.717) is 11.4 Å². The van der Waals surface area contributed by atoms with Crippen molar-refractivity contribution < 1.29 is 0 Å². The van der Waals surface area contributed by atoms with E-state index >= 15 is 0 Å². The second kappa shape index (κ2) is 3.95. The lowest BCUT2D eigenvalue weighted by Gasteiger charge is -2.14. The molecule has 0 aromatic heterocycles. The van der Waals surface area contributed by atoms with Crippen molar-refractivity contribution in [1.82, 2.24) is 5.32 Å². The molecule has 14 heavy (non-hydrogen) atoms. The van der Waals surface area contributed by atoms with Crippen molar-refractivity contribution in [3.05, 3.63) is 34.9 Å². The number of benzene rings is 1. The molecule has 1 aromatic carbocycles. The van der Waals surface area contributed by atoms with Gasteiger partial charge in [-0.15, -0.1) is 11.8 Å². The average Bonchev–Trinajstić information content (AvgIpc) is 2.56. The lowest BCUT2D eigenvalue weighted by molar-refractivity contribution is 0.616. The zero-order valence-electron chi connectivity index (χ0n) is 9.00. The highest BCUT2D eigenvalue weighted by molar-refractivity contribution is 7.99. The van der Waals surface area contributed by atoms with Crippen LogP contribution < -0.4 is 5.32 Å². The van der Waals surface area contributed by atoms with E-state index in [4.69, 9.17) is 0 Å². The Kier molecular flexibility index (Phi) is 2.84. The lowest BCUT2D eigenvalue weighted by atomic mass is 10.1. The van der Waals surface area contributed by atoms with Crippen LogP contribution in [0.15, 0.2) is 18.2 Å². The molecule has 1 fully saturated rings. The van der Waals surface area contributed by atoms with E-state index < -0.39 is 0 Å². The summed E-state index contributed by atoms with van der Waals surface area (Å²) in [5.74, 6) is 1.22. The monoisotopic (exact) mass is 207 g/mol. The van der Waals surface area contributed by atoms with Crippen LogP contribution in [0.3, 0.4) is 0 Å². The topological polar surface area (TPSA) is 12.0 Å². The van der Waals surface area contributed by atoms with Crippen LogP contribution in [0.25, 0.3) is 0 Å². The SMILES string of the molecule is Cc1ccc(C)c(C2NC(C)CS2)c1. The summed E-state index contributed by atoms with van der Waals surface area (Å²) < 4.78 is 0. The van der Waals surface area contributed by atoms with Gasteiger partial charge in [-0.25, -0.2) is 0 Å². The number of rotatable bonds is 1. The predicted molar refractivity (Wildman–Crippen MR) is 63.7 cm³/mol. The predicted octanol–water partition coefficient (Wildman–Crippen LogP) is 3.03. The lowest BCUT2D eigenvalue weighted by Crippen LogP contribution is -2.22. The van der Waals surface area contributed by atoms with Gasteiger partial charge in [0.1, 0.15) is 0 Å². The van der Waals surface area contributed by atoms with Crippen LogP contribution in [0.5, 0.6) is 0 Å². The Morgan fingerprint density at radius 2 is 2.14 bits per heavy atom. The molecule has 0 radical (unpaired) electrons. The van der Waals surface area contributed by atoms with Crippen LogP contribution in [0.4, 0.5) is 0 Å². The van der Waals surface area contributed by atoms with E-state index in [0.717, 1.165) is 0 Å². The van der Waals surface area contributed by atoms with Gasteiger partial charge in [0.15, 0.2) is 0 Å². The van der Waals surface area contributed by atoms with Crippen LogP contribution in [0.1, 0.15) is 29.0 Å². The fourth-order valence-electron chi connectivity index (χ4n) is 1.82. The highest BCUT2D eigenvalue weighted by atomic mass is 32.2. The fraction of sp³-hybridized carbons (Fsp3) is 0.500. The van der Waals surface area contributed by atoms with Crippen LogP contribution in [-0.2, 0) is 0 Å². The molecule has 1 aliphatic rings. The van der Waals surface area contributed by atoms with Gasteiger partial charge in [0, 0.05) is 11.8 Å². The fourth-order valence-corrected chi connectivity index (χ4v) is 3.16. The smallest absolute Gasteiger partial charge is 0.0794 e. The van der Waals surface area contributed by atoms with E-state index in [-0.39, 0.29) is 0 Å².